The van der Waals surface area contributed by atoms with Crippen LogP contribution < -0.4 is 4.90 Å². The zero-order valence-electron chi connectivity index (χ0n) is 10.8. The summed E-state index contributed by atoms with van der Waals surface area (Å²) in [6, 6.07) is 11.8. The number of carboxylic acids is 1. The Morgan fingerprint density at radius 3 is 2.40 bits per heavy atom. The van der Waals surface area contributed by atoms with E-state index >= 15 is 0 Å². The molecular formula is C15H13ClFNO2. The number of carbonyl (C=O) groups is 1. The Hall–Kier alpha value is -2.07. The second-order valence-corrected chi connectivity index (χ2v) is 4.73. The molecule has 0 saturated heterocycles. The second kappa shape index (κ2) is 5.92. The summed E-state index contributed by atoms with van der Waals surface area (Å²) in [5.41, 5.74) is 0.632. The molecule has 2 rings (SSSR count). The standard InChI is InChI=1S/C15H13ClFNO2/c1-18(10-6-3-2-4-7-10)14(15(19)20)13-11(16)8-5-9-12(13)17/h2-9,14H,1H3,(H,19,20). The molecule has 0 radical (unpaired) electrons. The van der Waals surface area contributed by atoms with Crippen molar-refractivity contribution in [1.82, 2.24) is 0 Å². The van der Waals surface area contributed by atoms with Crippen molar-refractivity contribution < 1.29 is 14.3 Å². The van der Waals surface area contributed by atoms with Crippen molar-refractivity contribution in [2.75, 3.05) is 11.9 Å². The Kier molecular flexibility index (Phi) is 4.25. The van der Waals surface area contributed by atoms with Crippen LogP contribution in [0.3, 0.4) is 0 Å². The van der Waals surface area contributed by atoms with Crippen LogP contribution in [-0.4, -0.2) is 18.1 Å². The number of para-hydroxylation sites is 1. The average molecular weight is 294 g/mol. The zero-order chi connectivity index (χ0) is 14.7. The number of hydrogen-bond acceptors (Lipinski definition) is 2. The molecule has 0 aromatic heterocycles. The summed E-state index contributed by atoms with van der Waals surface area (Å²) in [5, 5.41) is 9.54. The van der Waals surface area contributed by atoms with Crippen molar-refractivity contribution >= 4 is 23.3 Å². The van der Waals surface area contributed by atoms with Gasteiger partial charge < -0.3 is 10.0 Å². The van der Waals surface area contributed by atoms with E-state index in [0.717, 1.165) is 0 Å². The Labute approximate surface area is 121 Å². The number of carboxylic acid groups (broad SMARTS) is 1. The van der Waals surface area contributed by atoms with E-state index in [1.807, 2.05) is 6.07 Å². The third kappa shape index (κ3) is 2.75. The summed E-state index contributed by atoms with van der Waals surface area (Å²) in [5.74, 6) is -1.80. The molecule has 104 valence electrons. The molecule has 0 spiro atoms. The molecule has 1 unspecified atom stereocenters. The highest BCUT2D eigenvalue weighted by atomic mass is 35.5. The highest BCUT2D eigenvalue weighted by Gasteiger charge is 2.29. The molecular weight excluding hydrogens is 281 g/mol. The number of likely N-dealkylation sites (N-methyl/N-ethyl adjacent to an activating group) is 1. The molecule has 0 fully saturated rings. The van der Waals surface area contributed by atoms with Crippen LogP contribution in [-0.2, 0) is 4.79 Å². The van der Waals surface area contributed by atoms with Gasteiger partial charge in [0.15, 0.2) is 6.04 Å². The lowest BCUT2D eigenvalue weighted by molar-refractivity contribution is -0.138. The molecule has 0 heterocycles. The van der Waals surface area contributed by atoms with Crippen molar-refractivity contribution in [3.63, 3.8) is 0 Å². The lowest BCUT2D eigenvalue weighted by atomic mass is 10.0. The highest BCUT2D eigenvalue weighted by Crippen LogP contribution is 2.32. The van der Waals surface area contributed by atoms with Crippen molar-refractivity contribution in [2.45, 2.75) is 6.04 Å². The molecule has 1 N–H and O–H groups in total. The number of anilines is 1. The molecule has 0 bridgehead atoms. The van der Waals surface area contributed by atoms with Gasteiger partial charge in [-0.15, -0.1) is 0 Å². The number of halogens is 2. The van der Waals surface area contributed by atoms with Crippen LogP contribution >= 0.6 is 11.6 Å². The van der Waals surface area contributed by atoms with E-state index in [9.17, 15) is 14.3 Å². The fraction of sp³-hybridized carbons (Fsp3) is 0.133. The molecule has 0 aliphatic rings. The maximum absolute atomic E-state index is 14.0. The van der Waals surface area contributed by atoms with Crippen LogP contribution in [0.15, 0.2) is 48.5 Å². The highest BCUT2D eigenvalue weighted by molar-refractivity contribution is 6.31. The quantitative estimate of drug-likeness (QED) is 0.933. The first-order chi connectivity index (χ1) is 9.52. The summed E-state index contributed by atoms with van der Waals surface area (Å²) in [7, 11) is 1.59. The topological polar surface area (TPSA) is 40.5 Å². The van der Waals surface area contributed by atoms with E-state index < -0.39 is 17.8 Å². The lowest BCUT2D eigenvalue weighted by Gasteiger charge is -2.28. The molecule has 5 heteroatoms. The lowest BCUT2D eigenvalue weighted by Crippen LogP contribution is -2.31. The maximum Gasteiger partial charge on any atom is 0.331 e. The number of nitrogens with zero attached hydrogens (tertiary/aromatic N) is 1. The van der Waals surface area contributed by atoms with Crippen molar-refractivity contribution in [3.05, 3.63) is 64.9 Å². The van der Waals surface area contributed by atoms with Gasteiger partial charge in [0.05, 0.1) is 0 Å². The predicted molar refractivity (Wildman–Crippen MR) is 76.6 cm³/mol. The van der Waals surface area contributed by atoms with Gasteiger partial charge in [0, 0.05) is 23.3 Å². The molecule has 0 aliphatic heterocycles. The van der Waals surface area contributed by atoms with E-state index in [-0.39, 0.29) is 10.6 Å². The van der Waals surface area contributed by atoms with E-state index in [0.29, 0.717) is 5.69 Å². The molecule has 0 saturated carbocycles. The SMILES string of the molecule is CN(c1ccccc1)C(C(=O)O)c1c(F)cccc1Cl. The molecule has 0 amide bonds. The molecule has 2 aromatic carbocycles. The van der Waals surface area contributed by atoms with E-state index in [2.05, 4.69) is 0 Å². The molecule has 20 heavy (non-hydrogen) atoms. The Morgan fingerprint density at radius 1 is 1.20 bits per heavy atom. The van der Waals surface area contributed by atoms with Crippen LogP contribution in [0.1, 0.15) is 11.6 Å². The van der Waals surface area contributed by atoms with E-state index in [1.54, 1.807) is 31.3 Å². The van der Waals surface area contributed by atoms with Crippen LogP contribution in [0.2, 0.25) is 5.02 Å². The first-order valence-corrected chi connectivity index (χ1v) is 6.34. The fourth-order valence-corrected chi connectivity index (χ4v) is 2.33. The minimum atomic E-state index is -1.19. The summed E-state index contributed by atoms with van der Waals surface area (Å²) in [4.78, 5) is 13.0. The van der Waals surface area contributed by atoms with Crippen LogP contribution in [0, 0.1) is 5.82 Å². The largest absolute Gasteiger partial charge is 0.479 e. The summed E-state index contributed by atoms with van der Waals surface area (Å²) in [6.07, 6.45) is 0. The fourth-order valence-electron chi connectivity index (χ4n) is 2.07. The van der Waals surface area contributed by atoms with Gasteiger partial charge in [-0.2, -0.15) is 0 Å². The van der Waals surface area contributed by atoms with Gasteiger partial charge in [-0.25, -0.2) is 9.18 Å². The number of hydrogen-bond donors (Lipinski definition) is 1. The first-order valence-electron chi connectivity index (χ1n) is 5.97. The van der Waals surface area contributed by atoms with E-state index in [4.69, 9.17) is 11.6 Å². The van der Waals surface area contributed by atoms with Crippen LogP contribution in [0.5, 0.6) is 0 Å². The minimum absolute atomic E-state index is 0.0342. The number of aliphatic carboxylic acids is 1. The van der Waals surface area contributed by atoms with Crippen LogP contribution in [0.25, 0.3) is 0 Å². The van der Waals surface area contributed by atoms with Gasteiger partial charge >= 0.3 is 5.97 Å². The molecule has 2 aromatic rings. The number of rotatable bonds is 4. The third-order valence-corrected chi connectivity index (χ3v) is 3.39. The minimum Gasteiger partial charge on any atom is -0.479 e. The van der Waals surface area contributed by atoms with E-state index in [1.165, 1.54) is 23.1 Å². The zero-order valence-corrected chi connectivity index (χ0v) is 11.5. The first kappa shape index (κ1) is 14.3. The Morgan fingerprint density at radius 2 is 1.85 bits per heavy atom. The molecule has 1 atom stereocenters. The van der Waals surface area contributed by atoms with Crippen LogP contribution in [0.4, 0.5) is 10.1 Å². The second-order valence-electron chi connectivity index (χ2n) is 4.32. The summed E-state index contributed by atoms with van der Waals surface area (Å²) in [6.45, 7) is 0. The van der Waals surface area contributed by atoms with Crippen molar-refractivity contribution in [3.8, 4) is 0 Å². The van der Waals surface area contributed by atoms with Gasteiger partial charge in [0.2, 0.25) is 0 Å². The maximum atomic E-state index is 14.0. The van der Waals surface area contributed by atoms with Gasteiger partial charge in [0.1, 0.15) is 5.82 Å². The van der Waals surface area contributed by atoms with Crippen molar-refractivity contribution in [1.29, 1.82) is 0 Å². The number of benzene rings is 2. The monoisotopic (exact) mass is 293 g/mol. The Balaban J connectivity index is 2.50. The molecule has 0 aliphatic carbocycles. The van der Waals surface area contributed by atoms with Crippen molar-refractivity contribution in [2.24, 2.45) is 0 Å². The normalized spacial score (nSPS) is 11.9. The third-order valence-electron chi connectivity index (χ3n) is 3.06. The predicted octanol–water partition coefficient (Wildman–Crippen LogP) is 3.74. The van der Waals surface area contributed by atoms with Gasteiger partial charge in [0.25, 0.3) is 0 Å². The van der Waals surface area contributed by atoms with Gasteiger partial charge in [-0.05, 0) is 24.3 Å². The molecule has 3 nitrogen and oxygen atoms in total. The van der Waals surface area contributed by atoms with Gasteiger partial charge in [-0.3, -0.25) is 0 Å². The summed E-state index contributed by atoms with van der Waals surface area (Å²) >= 11 is 5.97. The Bertz CT molecular complexity index is 598. The summed E-state index contributed by atoms with van der Waals surface area (Å²) < 4.78 is 14.0. The average Bonchev–Trinajstić information content (AvgIpc) is 2.43. The smallest absolute Gasteiger partial charge is 0.331 e. The van der Waals surface area contributed by atoms with Gasteiger partial charge in [-0.1, -0.05) is 35.9 Å².